The third-order valence-corrected chi connectivity index (χ3v) is 5.14. The number of nitrogens with zero attached hydrogens (tertiary/aromatic N) is 2. The van der Waals surface area contributed by atoms with E-state index in [-0.39, 0.29) is 5.91 Å². The van der Waals surface area contributed by atoms with Gasteiger partial charge in [-0.3, -0.25) is 14.6 Å². The van der Waals surface area contributed by atoms with Gasteiger partial charge in [-0.1, -0.05) is 32.0 Å². The predicted octanol–water partition coefficient (Wildman–Crippen LogP) is 1.73. The van der Waals surface area contributed by atoms with Crippen LogP contribution in [0.1, 0.15) is 31.7 Å². The minimum absolute atomic E-state index is 0.101. The summed E-state index contributed by atoms with van der Waals surface area (Å²) in [5.41, 5.74) is 2.15. The molecular weight excluding hydrogens is 300 g/mol. The lowest BCUT2D eigenvalue weighted by atomic mass is 10.0. The highest BCUT2D eigenvalue weighted by atomic mass is 16.2. The average Bonchev–Trinajstić information content (AvgIpc) is 3.04. The molecule has 1 aromatic carbocycles. The van der Waals surface area contributed by atoms with Crippen LogP contribution in [0.3, 0.4) is 0 Å². The van der Waals surface area contributed by atoms with E-state index in [0.29, 0.717) is 18.5 Å². The van der Waals surface area contributed by atoms with Gasteiger partial charge in [-0.05, 0) is 24.0 Å². The molecule has 0 radical (unpaired) electrons. The fraction of sp³-hybridized carbons (Fsp3) is 0.632. The number of hydrogen-bond acceptors (Lipinski definition) is 4. The van der Waals surface area contributed by atoms with Gasteiger partial charge in [0.2, 0.25) is 5.91 Å². The Morgan fingerprint density at radius 3 is 2.75 bits per heavy atom. The number of carbonyl (C=O) groups excluding carboxylic acids is 1. The number of anilines is 1. The maximum atomic E-state index is 12.4. The number of rotatable bonds is 5. The lowest BCUT2D eigenvalue weighted by Crippen LogP contribution is -2.49. The summed E-state index contributed by atoms with van der Waals surface area (Å²) >= 11 is 0. The topological polar surface area (TPSA) is 47.6 Å². The van der Waals surface area contributed by atoms with E-state index in [1.807, 2.05) is 18.2 Å². The van der Waals surface area contributed by atoms with Crippen molar-refractivity contribution in [2.24, 2.45) is 0 Å². The number of amides is 1. The molecule has 1 amide bonds. The van der Waals surface area contributed by atoms with Crippen LogP contribution in [-0.4, -0.2) is 67.6 Å². The van der Waals surface area contributed by atoms with Crippen LogP contribution in [0.15, 0.2) is 24.3 Å². The molecular formula is C19H30N4O. The van der Waals surface area contributed by atoms with E-state index in [1.165, 1.54) is 12.0 Å². The van der Waals surface area contributed by atoms with Crippen molar-refractivity contribution in [3.63, 3.8) is 0 Å². The van der Waals surface area contributed by atoms with E-state index in [2.05, 4.69) is 40.3 Å². The molecule has 1 aromatic rings. The highest BCUT2D eigenvalue weighted by Gasteiger charge is 2.29. The second kappa shape index (κ2) is 8.10. The van der Waals surface area contributed by atoms with Gasteiger partial charge < -0.3 is 10.6 Å². The van der Waals surface area contributed by atoms with Gasteiger partial charge in [0.25, 0.3) is 0 Å². The Kier molecular flexibility index (Phi) is 5.87. The van der Waals surface area contributed by atoms with Crippen molar-refractivity contribution in [2.75, 3.05) is 51.1 Å². The van der Waals surface area contributed by atoms with Crippen molar-refractivity contribution in [3.8, 4) is 0 Å². The summed E-state index contributed by atoms with van der Waals surface area (Å²) in [6, 6.07) is 8.72. The van der Waals surface area contributed by atoms with E-state index in [1.54, 1.807) is 0 Å². The molecule has 2 heterocycles. The Bertz CT molecular complexity index is 554. The first-order valence-electron chi connectivity index (χ1n) is 9.19. The molecule has 2 N–H and O–H groups in total. The molecule has 0 saturated carbocycles. The Balaban J connectivity index is 1.51. The smallest absolute Gasteiger partial charge is 0.238 e. The minimum Gasteiger partial charge on any atom is -0.325 e. The maximum absolute atomic E-state index is 12.4. The number of piperazine rings is 1. The molecule has 2 aliphatic heterocycles. The standard InChI is InChI=1S/C19H30N4O/c1-15(2)17-5-3-4-6-18(17)21-19(24)14-22-10-7-16(13-22)23-11-8-20-9-12-23/h3-6,15-16,20H,7-14H2,1-2H3,(H,21,24). The van der Waals surface area contributed by atoms with Gasteiger partial charge >= 0.3 is 0 Å². The van der Waals surface area contributed by atoms with Gasteiger partial charge in [0.15, 0.2) is 0 Å². The van der Waals surface area contributed by atoms with Crippen LogP contribution in [0.2, 0.25) is 0 Å². The monoisotopic (exact) mass is 330 g/mol. The van der Waals surface area contributed by atoms with Crippen molar-refractivity contribution < 1.29 is 4.79 Å². The summed E-state index contributed by atoms with van der Waals surface area (Å²) in [6.45, 7) is 11.3. The number of hydrogen-bond donors (Lipinski definition) is 2. The van der Waals surface area contributed by atoms with Crippen LogP contribution >= 0.6 is 0 Å². The van der Waals surface area contributed by atoms with E-state index in [0.717, 1.165) is 45.0 Å². The number of para-hydroxylation sites is 1. The zero-order valence-corrected chi connectivity index (χ0v) is 14.9. The summed E-state index contributed by atoms with van der Waals surface area (Å²) in [5, 5.41) is 6.51. The van der Waals surface area contributed by atoms with E-state index < -0.39 is 0 Å². The largest absolute Gasteiger partial charge is 0.325 e. The minimum atomic E-state index is 0.101. The molecule has 1 unspecified atom stereocenters. The summed E-state index contributed by atoms with van der Waals surface area (Å²) in [7, 11) is 0. The number of benzene rings is 1. The van der Waals surface area contributed by atoms with Gasteiger partial charge in [0.05, 0.1) is 6.54 Å². The fourth-order valence-electron chi connectivity index (χ4n) is 3.81. The average molecular weight is 330 g/mol. The Labute approximate surface area is 145 Å². The third kappa shape index (κ3) is 4.35. The molecule has 3 rings (SSSR count). The normalized spacial score (nSPS) is 22.9. The Morgan fingerprint density at radius 2 is 2.00 bits per heavy atom. The Morgan fingerprint density at radius 1 is 1.25 bits per heavy atom. The van der Waals surface area contributed by atoms with Gasteiger partial charge in [-0.2, -0.15) is 0 Å². The molecule has 24 heavy (non-hydrogen) atoms. The lowest BCUT2D eigenvalue weighted by molar-refractivity contribution is -0.117. The zero-order valence-electron chi connectivity index (χ0n) is 14.9. The van der Waals surface area contributed by atoms with Crippen LogP contribution in [0.5, 0.6) is 0 Å². The van der Waals surface area contributed by atoms with Crippen molar-refractivity contribution in [1.82, 2.24) is 15.1 Å². The first-order valence-corrected chi connectivity index (χ1v) is 9.19. The van der Waals surface area contributed by atoms with Crippen LogP contribution in [-0.2, 0) is 4.79 Å². The van der Waals surface area contributed by atoms with Crippen molar-refractivity contribution in [3.05, 3.63) is 29.8 Å². The third-order valence-electron chi connectivity index (χ3n) is 5.14. The molecule has 0 spiro atoms. The van der Waals surface area contributed by atoms with Gasteiger partial charge in [-0.15, -0.1) is 0 Å². The van der Waals surface area contributed by atoms with Crippen molar-refractivity contribution >= 4 is 11.6 Å². The molecule has 0 aromatic heterocycles. The maximum Gasteiger partial charge on any atom is 0.238 e. The molecule has 1 atom stereocenters. The van der Waals surface area contributed by atoms with E-state index in [4.69, 9.17) is 0 Å². The zero-order chi connectivity index (χ0) is 16.9. The number of carbonyl (C=O) groups is 1. The quantitative estimate of drug-likeness (QED) is 0.863. The molecule has 0 aliphatic carbocycles. The highest BCUT2D eigenvalue weighted by molar-refractivity contribution is 5.93. The first kappa shape index (κ1) is 17.4. The predicted molar refractivity (Wildman–Crippen MR) is 98.4 cm³/mol. The summed E-state index contributed by atoms with van der Waals surface area (Å²) in [6.07, 6.45) is 1.18. The molecule has 5 heteroatoms. The molecule has 2 fully saturated rings. The second-order valence-electron chi connectivity index (χ2n) is 7.25. The van der Waals surface area contributed by atoms with Crippen molar-refractivity contribution in [1.29, 1.82) is 0 Å². The van der Waals surface area contributed by atoms with Gasteiger partial charge in [0.1, 0.15) is 0 Å². The molecule has 5 nitrogen and oxygen atoms in total. The second-order valence-corrected chi connectivity index (χ2v) is 7.25. The first-order chi connectivity index (χ1) is 11.6. The highest BCUT2D eigenvalue weighted by Crippen LogP contribution is 2.24. The molecule has 2 saturated heterocycles. The van der Waals surface area contributed by atoms with Gasteiger partial charge in [0, 0.05) is 51.0 Å². The SMILES string of the molecule is CC(C)c1ccccc1NC(=O)CN1CCC(N2CCNCC2)C1. The van der Waals surface area contributed by atoms with Gasteiger partial charge in [-0.25, -0.2) is 0 Å². The summed E-state index contributed by atoms with van der Waals surface area (Å²) < 4.78 is 0. The molecule has 132 valence electrons. The van der Waals surface area contributed by atoms with E-state index in [9.17, 15) is 4.79 Å². The molecule has 0 bridgehead atoms. The fourth-order valence-corrected chi connectivity index (χ4v) is 3.81. The lowest BCUT2D eigenvalue weighted by Gasteiger charge is -2.32. The van der Waals surface area contributed by atoms with Crippen LogP contribution in [0.25, 0.3) is 0 Å². The Hall–Kier alpha value is -1.43. The number of likely N-dealkylation sites (tertiary alicyclic amines) is 1. The number of nitrogens with one attached hydrogen (secondary N) is 2. The summed E-state index contributed by atoms with van der Waals surface area (Å²) in [5.74, 6) is 0.509. The van der Waals surface area contributed by atoms with E-state index >= 15 is 0 Å². The summed E-state index contributed by atoms with van der Waals surface area (Å²) in [4.78, 5) is 17.3. The van der Waals surface area contributed by atoms with Crippen LogP contribution in [0.4, 0.5) is 5.69 Å². The van der Waals surface area contributed by atoms with Crippen molar-refractivity contribution in [2.45, 2.75) is 32.2 Å². The van der Waals surface area contributed by atoms with Crippen LogP contribution in [0, 0.1) is 0 Å². The van der Waals surface area contributed by atoms with Crippen LogP contribution < -0.4 is 10.6 Å². The molecule has 2 aliphatic rings.